The van der Waals surface area contributed by atoms with E-state index in [2.05, 4.69) is 217 Å². The van der Waals surface area contributed by atoms with Crippen LogP contribution in [0.1, 0.15) is 102 Å². The number of benzene rings is 5. The van der Waals surface area contributed by atoms with E-state index < -0.39 is 0 Å². The largest absolute Gasteiger partial charge is 0.456 e. The number of rotatable bonds is 11. The molecule has 0 N–H and O–H groups in total. The third kappa shape index (κ3) is 6.83. The molecule has 0 amide bonds. The number of hydrogen-bond donors (Lipinski definition) is 0. The molecule has 2 aliphatic carbocycles. The van der Waals surface area contributed by atoms with E-state index in [0.29, 0.717) is 11.8 Å². The zero-order valence-electron chi connectivity index (χ0n) is 37.3. The fourth-order valence-corrected chi connectivity index (χ4v) is 10.7. The van der Waals surface area contributed by atoms with Crippen molar-refractivity contribution < 1.29 is 4.42 Å². The topological polar surface area (TPSA) is 19.6 Å². The molecule has 0 saturated heterocycles. The first kappa shape index (κ1) is 40.4. The highest BCUT2D eigenvalue weighted by atomic mass is 16.3. The molecule has 0 bridgehead atoms. The van der Waals surface area contributed by atoms with Gasteiger partial charge < -0.3 is 14.2 Å². The summed E-state index contributed by atoms with van der Waals surface area (Å²) in [6.07, 6.45) is 19.2. The average molecular weight is 801 g/mol. The molecule has 6 aromatic rings. The second kappa shape index (κ2) is 16.1. The Labute approximate surface area is 363 Å². The molecule has 3 atom stereocenters. The Bertz CT molecular complexity index is 2810. The normalized spacial score (nSPS) is 19.7. The number of hydrogen-bond acceptors (Lipinski definition) is 3. The van der Waals surface area contributed by atoms with Crippen molar-refractivity contribution >= 4 is 39.2 Å². The quantitative estimate of drug-likeness (QED) is 0.130. The summed E-state index contributed by atoms with van der Waals surface area (Å²) >= 11 is 0. The summed E-state index contributed by atoms with van der Waals surface area (Å²) in [5.41, 5.74) is 15.6. The number of aryl methyl sites for hydroxylation is 1. The first-order valence-electron chi connectivity index (χ1n) is 22.4. The summed E-state index contributed by atoms with van der Waals surface area (Å²) < 4.78 is 7.02. The van der Waals surface area contributed by atoms with E-state index in [1.54, 1.807) is 0 Å². The zero-order valence-corrected chi connectivity index (χ0v) is 37.3. The van der Waals surface area contributed by atoms with Gasteiger partial charge in [0.2, 0.25) is 0 Å². The van der Waals surface area contributed by atoms with Crippen molar-refractivity contribution in [2.75, 3.05) is 9.80 Å². The van der Waals surface area contributed by atoms with Gasteiger partial charge in [-0.15, -0.1) is 0 Å². The first-order chi connectivity index (χ1) is 29.5. The van der Waals surface area contributed by atoms with E-state index in [9.17, 15) is 0 Å². The molecule has 5 aromatic carbocycles. The highest BCUT2D eigenvalue weighted by Gasteiger charge is 2.41. The van der Waals surface area contributed by atoms with Gasteiger partial charge in [0.1, 0.15) is 11.3 Å². The number of para-hydroxylation sites is 1. The average Bonchev–Trinajstić information content (AvgIpc) is 3.82. The molecular formula is C58H60N2O. The number of nitrogens with zero attached hydrogens (tertiary/aromatic N) is 2. The summed E-state index contributed by atoms with van der Waals surface area (Å²) in [4.78, 5) is 5.10. The van der Waals surface area contributed by atoms with Crippen molar-refractivity contribution in [2.45, 2.75) is 92.0 Å². The molecule has 308 valence electrons. The number of anilines is 2. The molecule has 0 saturated carbocycles. The molecule has 2 heterocycles. The lowest BCUT2D eigenvalue weighted by molar-refractivity contribution is 0.438. The van der Waals surface area contributed by atoms with E-state index in [-0.39, 0.29) is 17.4 Å². The molecule has 1 aliphatic heterocycles. The molecule has 9 rings (SSSR count). The van der Waals surface area contributed by atoms with Crippen LogP contribution < -0.4 is 9.80 Å². The number of furan rings is 1. The van der Waals surface area contributed by atoms with Crippen molar-refractivity contribution in [3.05, 3.63) is 197 Å². The van der Waals surface area contributed by atoms with Gasteiger partial charge in [-0.3, -0.25) is 0 Å². The van der Waals surface area contributed by atoms with Crippen molar-refractivity contribution in [2.24, 2.45) is 11.8 Å². The van der Waals surface area contributed by atoms with Crippen LogP contribution in [0.4, 0.5) is 11.4 Å². The maximum Gasteiger partial charge on any atom is 0.145 e. The molecule has 3 unspecified atom stereocenters. The summed E-state index contributed by atoms with van der Waals surface area (Å²) in [5, 5.41) is 3.77. The van der Waals surface area contributed by atoms with Crippen molar-refractivity contribution in [3.63, 3.8) is 0 Å². The minimum absolute atomic E-state index is 0.219. The van der Waals surface area contributed by atoms with Gasteiger partial charge in [0.05, 0.1) is 5.69 Å². The Kier molecular flexibility index (Phi) is 10.6. The lowest BCUT2D eigenvalue weighted by atomic mass is 9.82. The van der Waals surface area contributed by atoms with Crippen LogP contribution in [-0.4, -0.2) is 6.04 Å². The minimum atomic E-state index is -0.219. The summed E-state index contributed by atoms with van der Waals surface area (Å²) in [5.74, 6) is 2.18. The Morgan fingerprint density at radius 1 is 0.951 bits per heavy atom. The Hall–Kier alpha value is -6.06. The monoisotopic (exact) mass is 800 g/mol. The van der Waals surface area contributed by atoms with Gasteiger partial charge in [-0.2, -0.15) is 0 Å². The van der Waals surface area contributed by atoms with Gasteiger partial charge >= 0.3 is 0 Å². The highest BCUT2D eigenvalue weighted by Crippen LogP contribution is 2.55. The number of fused-ring (bicyclic) bond motifs is 6. The van der Waals surface area contributed by atoms with E-state index in [1.807, 2.05) is 0 Å². The first-order valence-corrected chi connectivity index (χ1v) is 22.4. The lowest BCUT2D eigenvalue weighted by Crippen LogP contribution is -2.31. The van der Waals surface area contributed by atoms with Gasteiger partial charge in [0, 0.05) is 62.6 Å². The van der Waals surface area contributed by atoms with Crippen LogP contribution >= 0.6 is 0 Å². The fourth-order valence-electron chi connectivity index (χ4n) is 10.7. The van der Waals surface area contributed by atoms with E-state index in [0.717, 1.165) is 46.5 Å². The van der Waals surface area contributed by atoms with Crippen LogP contribution in [-0.2, 0) is 5.41 Å². The molecular weight excluding hydrogens is 741 g/mol. The lowest BCUT2D eigenvalue weighted by Gasteiger charge is -2.33. The van der Waals surface area contributed by atoms with Crippen LogP contribution in [0.2, 0.25) is 0 Å². The molecule has 0 radical (unpaired) electrons. The summed E-state index contributed by atoms with van der Waals surface area (Å²) in [7, 11) is 0. The SMILES string of the molecule is C=CC1=C(/C=C(\C)N(C2=CCC(c3cccc4ccccc34)C=C2)c2cc3c(c4oc(/C=C\C)c(C)c24)-c2ccccc2C3(C)C)N(c2ccccc2)C(C)C1CCC(C)C. The van der Waals surface area contributed by atoms with Crippen molar-refractivity contribution in [1.82, 2.24) is 0 Å². The molecule has 61 heavy (non-hydrogen) atoms. The van der Waals surface area contributed by atoms with Gasteiger partial charge in [-0.25, -0.2) is 0 Å². The molecule has 3 aliphatic rings. The van der Waals surface area contributed by atoms with E-state index >= 15 is 0 Å². The third-order valence-corrected chi connectivity index (χ3v) is 13.8. The number of allylic oxidation sites excluding steroid dienone is 7. The van der Waals surface area contributed by atoms with Crippen LogP contribution in [0.5, 0.6) is 0 Å². The standard InChI is InChI=1S/C58H60N2O/c1-10-20-54-39(6)55-53(36-51-56(57(55)61-54)49-26-17-18-28-50(49)58(51,8)9)59(44-32-30-42(31-33-44)48-27-19-22-41-21-15-16-25-47(41)48)38(5)35-52-45(11-2)46(34-29-37(3)4)40(7)60(52)43-23-13-12-14-24-43/h10-28,30,32-33,35-37,40,42,46H,2,29,31,34H2,1,3-9H3/b20-10-,38-35+. The molecule has 0 spiro atoms. The second-order valence-corrected chi connectivity index (χ2v) is 18.4. The highest BCUT2D eigenvalue weighted by molar-refractivity contribution is 6.08. The van der Waals surface area contributed by atoms with Gasteiger partial charge in [0.25, 0.3) is 0 Å². The fraction of sp³-hybridized carbons (Fsp3) is 0.276. The Balaban J connectivity index is 1.27. The summed E-state index contributed by atoms with van der Waals surface area (Å²) in [6, 6.07) is 38.1. The molecule has 3 nitrogen and oxygen atoms in total. The van der Waals surface area contributed by atoms with Crippen molar-refractivity contribution in [3.8, 4) is 11.1 Å². The maximum absolute atomic E-state index is 7.02. The zero-order chi connectivity index (χ0) is 42.6. The van der Waals surface area contributed by atoms with Crippen molar-refractivity contribution in [1.29, 1.82) is 0 Å². The second-order valence-electron chi connectivity index (χ2n) is 18.4. The third-order valence-electron chi connectivity index (χ3n) is 13.8. The Morgan fingerprint density at radius 3 is 2.43 bits per heavy atom. The Morgan fingerprint density at radius 2 is 1.69 bits per heavy atom. The molecule has 0 fully saturated rings. The van der Waals surface area contributed by atoms with Gasteiger partial charge in [0.15, 0.2) is 0 Å². The van der Waals surface area contributed by atoms with Crippen LogP contribution in [0.3, 0.4) is 0 Å². The smallest absolute Gasteiger partial charge is 0.145 e. The van der Waals surface area contributed by atoms with E-state index in [4.69, 9.17) is 4.42 Å². The maximum atomic E-state index is 7.02. The van der Waals surface area contributed by atoms with Crippen LogP contribution in [0, 0.1) is 18.8 Å². The van der Waals surface area contributed by atoms with Gasteiger partial charge in [-0.1, -0.05) is 150 Å². The predicted octanol–water partition coefficient (Wildman–Crippen LogP) is 16.0. The predicted molar refractivity (Wildman–Crippen MR) is 261 cm³/mol. The summed E-state index contributed by atoms with van der Waals surface area (Å²) in [6.45, 7) is 22.9. The van der Waals surface area contributed by atoms with Crippen LogP contribution in [0.25, 0.3) is 38.9 Å². The van der Waals surface area contributed by atoms with Gasteiger partial charge in [-0.05, 0) is 121 Å². The molecule has 1 aromatic heterocycles. The minimum Gasteiger partial charge on any atom is -0.456 e. The molecule has 3 heteroatoms. The van der Waals surface area contributed by atoms with Crippen LogP contribution in [0.15, 0.2) is 173 Å². The van der Waals surface area contributed by atoms with E-state index in [1.165, 1.54) is 67.7 Å².